The van der Waals surface area contributed by atoms with E-state index >= 15 is 0 Å². The lowest BCUT2D eigenvalue weighted by atomic mass is 10.1. The van der Waals surface area contributed by atoms with Crippen LogP contribution >= 0.6 is 0 Å². The number of aromatic nitrogens is 2. The first-order valence-electron chi connectivity index (χ1n) is 6.40. The van der Waals surface area contributed by atoms with Gasteiger partial charge < -0.3 is 10.4 Å². The second kappa shape index (κ2) is 6.92. The van der Waals surface area contributed by atoms with Crippen LogP contribution in [0.4, 0.5) is 0 Å². The van der Waals surface area contributed by atoms with E-state index in [0.717, 1.165) is 11.4 Å². The molecule has 0 radical (unpaired) electrons. The van der Waals surface area contributed by atoms with Gasteiger partial charge in [0.05, 0.1) is 11.6 Å². The Morgan fingerprint density at radius 1 is 1.47 bits per heavy atom. The Hall–Kier alpha value is -1.85. The van der Waals surface area contributed by atoms with Crippen molar-refractivity contribution in [1.29, 1.82) is 0 Å². The third-order valence-electron chi connectivity index (χ3n) is 2.98. The van der Waals surface area contributed by atoms with Crippen LogP contribution in [0.25, 0.3) is 0 Å². The van der Waals surface area contributed by atoms with Gasteiger partial charge in [0, 0.05) is 25.2 Å². The maximum absolute atomic E-state index is 11.6. The van der Waals surface area contributed by atoms with Crippen molar-refractivity contribution in [2.75, 3.05) is 6.54 Å². The van der Waals surface area contributed by atoms with Gasteiger partial charge in [0.15, 0.2) is 0 Å². The maximum Gasteiger partial charge on any atom is 0.306 e. The van der Waals surface area contributed by atoms with E-state index in [1.165, 1.54) is 0 Å². The zero-order valence-corrected chi connectivity index (χ0v) is 11.6. The van der Waals surface area contributed by atoms with Crippen LogP contribution < -0.4 is 5.32 Å². The van der Waals surface area contributed by atoms with Crippen LogP contribution in [0, 0.1) is 19.8 Å². The highest BCUT2D eigenvalue weighted by atomic mass is 16.4. The highest BCUT2D eigenvalue weighted by Crippen LogP contribution is 2.03. The van der Waals surface area contributed by atoms with Gasteiger partial charge in [-0.15, -0.1) is 0 Å². The minimum absolute atomic E-state index is 0.0786. The minimum atomic E-state index is -0.836. The molecule has 1 rings (SSSR count). The molecule has 6 heteroatoms. The predicted molar refractivity (Wildman–Crippen MR) is 70.7 cm³/mol. The summed E-state index contributed by atoms with van der Waals surface area (Å²) in [6, 6.07) is 1.96. The van der Waals surface area contributed by atoms with Gasteiger partial charge >= 0.3 is 5.97 Å². The molecule has 106 valence electrons. The van der Waals surface area contributed by atoms with Gasteiger partial charge in [-0.2, -0.15) is 5.10 Å². The van der Waals surface area contributed by atoms with Gasteiger partial charge in [-0.3, -0.25) is 14.3 Å². The lowest BCUT2D eigenvalue weighted by molar-refractivity contribution is -0.141. The molecule has 0 aliphatic rings. The number of carboxylic acid groups (broad SMARTS) is 1. The van der Waals surface area contributed by atoms with E-state index < -0.39 is 11.9 Å². The Balaban J connectivity index is 2.25. The number of carbonyl (C=O) groups excluding carboxylic acids is 1. The lowest BCUT2D eigenvalue weighted by Crippen LogP contribution is -2.28. The van der Waals surface area contributed by atoms with Crippen LogP contribution in [-0.2, 0) is 16.1 Å². The van der Waals surface area contributed by atoms with Crippen LogP contribution in [0.5, 0.6) is 0 Å². The molecule has 1 heterocycles. The standard InChI is InChI=1S/C13H21N3O3/c1-9(13(18)19)4-6-14-12(17)5-7-16-11(3)8-10(2)15-16/h8-9H,4-7H2,1-3H3,(H,14,17)(H,18,19). The predicted octanol–water partition coefficient (Wildman–Crippen LogP) is 1.12. The van der Waals surface area contributed by atoms with E-state index in [0.29, 0.717) is 25.9 Å². The van der Waals surface area contributed by atoms with Crippen LogP contribution in [0.2, 0.25) is 0 Å². The summed E-state index contributed by atoms with van der Waals surface area (Å²) in [5.41, 5.74) is 1.97. The average Bonchev–Trinajstić information content (AvgIpc) is 2.65. The molecular weight excluding hydrogens is 246 g/mol. The zero-order chi connectivity index (χ0) is 14.4. The van der Waals surface area contributed by atoms with Crippen molar-refractivity contribution in [2.45, 2.75) is 40.2 Å². The summed E-state index contributed by atoms with van der Waals surface area (Å²) in [6.07, 6.45) is 0.796. The first-order chi connectivity index (χ1) is 8.90. The van der Waals surface area contributed by atoms with E-state index in [-0.39, 0.29) is 5.91 Å². The summed E-state index contributed by atoms with van der Waals surface area (Å²) in [5.74, 6) is -1.35. The fourth-order valence-electron chi connectivity index (χ4n) is 1.75. The molecule has 1 amide bonds. The second-order valence-corrected chi connectivity index (χ2v) is 4.78. The quantitative estimate of drug-likeness (QED) is 0.775. The van der Waals surface area contributed by atoms with E-state index in [1.54, 1.807) is 11.6 Å². The van der Waals surface area contributed by atoms with E-state index in [2.05, 4.69) is 10.4 Å². The van der Waals surface area contributed by atoms with Gasteiger partial charge in [-0.05, 0) is 26.3 Å². The molecule has 1 aromatic heterocycles. The molecule has 19 heavy (non-hydrogen) atoms. The molecule has 0 aliphatic carbocycles. The van der Waals surface area contributed by atoms with Crippen LogP contribution in [0.3, 0.4) is 0 Å². The van der Waals surface area contributed by atoms with Crippen LogP contribution in [0.15, 0.2) is 6.07 Å². The van der Waals surface area contributed by atoms with E-state index in [9.17, 15) is 9.59 Å². The van der Waals surface area contributed by atoms with Crippen molar-refractivity contribution >= 4 is 11.9 Å². The SMILES string of the molecule is Cc1cc(C)n(CCC(=O)NCCC(C)C(=O)O)n1. The number of nitrogens with one attached hydrogen (secondary N) is 1. The Bertz CT molecular complexity index is 454. The summed E-state index contributed by atoms with van der Waals surface area (Å²) in [7, 11) is 0. The summed E-state index contributed by atoms with van der Waals surface area (Å²) >= 11 is 0. The van der Waals surface area contributed by atoms with Crippen molar-refractivity contribution in [3.8, 4) is 0 Å². The van der Waals surface area contributed by atoms with Crippen LogP contribution in [-0.4, -0.2) is 33.3 Å². The Morgan fingerprint density at radius 3 is 2.68 bits per heavy atom. The first-order valence-corrected chi connectivity index (χ1v) is 6.40. The molecule has 0 spiro atoms. The summed E-state index contributed by atoms with van der Waals surface area (Å²) < 4.78 is 1.80. The minimum Gasteiger partial charge on any atom is -0.481 e. The van der Waals surface area contributed by atoms with Crippen molar-refractivity contribution in [2.24, 2.45) is 5.92 Å². The average molecular weight is 267 g/mol. The Labute approximate surface area is 112 Å². The molecule has 1 atom stereocenters. The summed E-state index contributed by atoms with van der Waals surface area (Å²) in [4.78, 5) is 22.2. The maximum atomic E-state index is 11.6. The normalized spacial score (nSPS) is 12.2. The van der Waals surface area contributed by atoms with Gasteiger partial charge in [0.1, 0.15) is 0 Å². The number of carbonyl (C=O) groups is 2. The van der Waals surface area contributed by atoms with Crippen molar-refractivity contribution < 1.29 is 14.7 Å². The molecule has 0 aromatic carbocycles. The van der Waals surface area contributed by atoms with Crippen molar-refractivity contribution in [3.63, 3.8) is 0 Å². The third-order valence-corrected chi connectivity index (χ3v) is 2.98. The number of hydrogen-bond donors (Lipinski definition) is 2. The monoisotopic (exact) mass is 267 g/mol. The number of carboxylic acids is 1. The molecule has 0 saturated heterocycles. The highest BCUT2D eigenvalue weighted by Gasteiger charge is 2.11. The van der Waals surface area contributed by atoms with Crippen molar-refractivity contribution in [1.82, 2.24) is 15.1 Å². The van der Waals surface area contributed by atoms with E-state index in [1.807, 2.05) is 19.9 Å². The molecule has 0 aliphatic heterocycles. The molecule has 1 unspecified atom stereocenters. The largest absolute Gasteiger partial charge is 0.481 e. The van der Waals surface area contributed by atoms with Crippen LogP contribution in [0.1, 0.15) is 31.2 Å². The number of rotatable bonds is 7. The first kappa shape index (κ1) is 15.2. The van der Waals surface area contributed by atoms with Gasteiger partial charge in [-0.1, -0.05) is 6.92 Å². The summed E-state index contributed by atoms with van der Waals surface area (Å²) in [5, 5.41) is 15.7. The smallest absolute Gasteiger partial charge is 0.306 e. The van der Waals surface area contributed by atoms with Crippen molar-refractivity contribution in [3.05, 3.63) is 17.5 Å². The molecular formula is C13H21N3O3. The molecule has 0 saturated carbocycles. The molecule has 2 N–H and O–H groups in total. The molecule has 0 bridgehead atoms. The molecule has 0 fully saturated rings. The Kier molecular flexibility index (Phi) is 5.54. The highest BCUT2D eigenvalue weighted by molar-refractivity contribution is 5.76. The number of hydrogen-bond acceptors (Lipinski definition) is 3. The van der Waals surface area contributed by atoms with Gasteiger partial charge in [-0.25, -0.2) is 0 Å². The Morgan fingerprint density at radius 2 is 2.16 bits per heavy atom. The molecule has 1 aromatic rings. The fourth-order valence-corrected chi connectivity index (χ4v) is 1.75. The second-order valence-electron chi connectivity index (χ2n) is 4.78. The number of nitrogens with zero attached hydrogens (tertiary/aromatic N) is 2. The molecule has 6 nitrogen and oxygen atoms in total. The fraction of sp³-hybridized carbons (Fsp3) is 0.615. The zero-order valence-electron chi connectivity index (χ0n) is 11.6. The number of aryl methyl sites for hydroxylation is 3. The van der Waals surface area contributed by atoms with E-state index in [4.69, 9.17) is 5.11 Å². The van der Waals surface area contributed by atoms with Gasteiger partial charge in [0.25, 0.3) is 0 Å². The number of aliphatic carboxylic acids is 1. The summed E-state index contributed by atoms with van der Waals surface area (Å²) in [6.45, 7) is 6.43. The topological polar surface area (TPSA) is 84.2 Å². The van der Waals surface area contributed by atoms with Gasteiger partial charge in [0.2, 0.25) is 5.91 Å². The number of amides is 1. The third kappa shape index (κ3) is 5.11. The lowest BCUT2D eigenvalue weighted by Gasteiger charge is -2.08.